The Morgan fingerprint density at radius 3 is 2.43 bits per heavy atom. The highest BCUT2D eigenvalue weighted by atomic mass is 32.2. The number of likely N-dealkylation sites (N-methyl/N-ethyl adjacent to an activating group) is 1. The smallest absolute Gasteiger partial charge is 0.258 e. The third-order valence-electron chi connectivity index (χ3n) is 8.58. The van der Waals surface area contributed by atoms with Crippen LogP contribution in [-0.4, -0.2) is 87.5 Å². The zero-order chi connectivity index (χ0) is 31.0. The number of fused-ring (bicyclic) bond motifs is 1. The van der Waals surface area contributed by atoms with Crippen molar-refractivity contribution in [3.63, 3.8) is 0 Å². The Balaban J connectivity index is 1.23. The monoisotopic (exact) mass is 627 g/mol. The molecule has 3 aliphatic rings. The second-order valence-electron chi connectivity index (χ2n) is 12.0. The summed E-state index contributed by atoms with van der Waals surface area (Å²) in [6, 6.07) is 8.97. The number of anilines is 3. The lowest BCUT2D eigenvalue weighted by Crippen LogP contribution is -2.44. The predicted octanol–water partition coefficient (Wildman–Crippen LogP) is 4.14. The first-order valence-corrected chi connectivity index (χ1v) is 16.2. The summed E-state index contributed by atoms with van der Waals surface area (Å²) in [5, 5.41) is 14.0. The Labute approximate surface area is 258 Å². The highest BCUT2D eigenvalue weighted by Gasteiger charge is 2.29. The standard InChI is InChI=1S/C31H39F2N7O3S/c1-19-12-23(13-20(2)43-19)34-29-17-24(39-10-8-38(3)9-11-39)4-5-26(29)31(41)35-30-27-18-40(7-6-28(27)36-37-30)44(42)25-15-21(32)14-22(33)16-25/h4-5,14-17,19-20,23,34H,6-13,18H2,1-3H3,(H2,35,36,37,41)/t19-,20+,23?,44?. The fourth-order valence-corrected chi connectivity index (χ4v) is 7.55. The number of benzene rings is 2. The van der Waals surface area contributed by atoms with Gasteiger partial charge < -0.3 is 25.2 Å². The lowest BCUT2D eigenvalue weighted by molar-refractivity contribution is -0.0337. The number of H-pyrrole nitrogens is 1. The van der Waals surface area contributed by atoms with E-state index in [-0.39, 0.29) is 35.6 Å². The Morgan fingerprint density at radius 2 is 1.73 bits per heavy atom. The summed E-state index contributed by atoms with van der Waals surface area (Å²) < 4.78 is 48.4. The number of halogens is 2. The van der Waals surface area contributed by atoms with E-state index in [9.17, 15) is 17.8 Å². The molecule has 2 fully saturated rings. The van der Waals surface area contributed by atoms with Gasteiger partial charge in [-0.05, 0) is 64.1 Å². The molecule has 3 aliphatic heterocycles. The zero-order valence-corrected chi connectivity index (χ0v) is 26.1. The minimum atomic E-state index is -1.79. The van der Waals surface area contributed by atoms with Gasteiger partial charge in [-0.2, -0.15) is 5.10 Å². The molecule has 10 nitrogen and oxygen atoms in total. The van der Waals surface area contributed by atoms with Crippen LogP contribution in [0.4, 0.5) is 26.0 Å². The molecule has 13 heteroatoms. The summed E-state index contributed by atoms with van der Waals surface area (Å²) >= 11 is 0. The van der Waals surface area contributed by atoms with Crippen molar-refractivity contribution in [2.75, 3.05) is 55.3 Å². The molecule has 1 aromatic heterocycles. The molecule has 3 aromatic rings. The Bertz CT molecular complexity index is 1510. The summed E-state index contributed by atoms with van der Waals surface area (Å²) in [6.07, 6.45) is 2.39. The summed E-state index contributed by atoms with van der Waals surface area (Å²) in [4.78, 5) is 18.5. The van der Waals surface area contributed by atoms with Gasteiger partial charge in [0.25, 0.3) is 5.91 Å². The van der Waals surface area contributed by atoms with Crippen molar-refractivity contribution in [2.24, 2.45) is 0 Å². The fraction of sp³-hybridized carbons (Fsp3) is 0.484. The van der Waals surface area contributed by atoms with Crippen LogP contribution in [0.5, 0.6) is 0 Å². The van der Waals surface area contributed by atoms with Crippen LogP contribution in [0.25, 0.3) is 0 Å². The average molecular weight is 628 g/mol. The second kappa shape index (κ2) is 12.9. The molecule has 0 spiro atoms. The van der Waals surface area contributed by atoms with E-state index >= 15 is 0 Å². The largest absolute Gasteiger partial charge is 0.381 e. The van der Waals surface area contributed by atoms with E-state index in [1.807, 2.05) is 12.1 Å². The summed E-state index contributed by atoms with van der Waals surface area (Å²) in [5.41, 5.74) is 3.84. The highest BCUT2D eigenvalue weighted by Crippen LogP contribution is 2.31. The van der Waals surface area contributed by atoms with Gasteiger partial charge in [0.2, 0.25) is 0 Å². The van der Waals surface area contributed by atoms with E-state index in [2.05, 4.69) is 57.6 Å². The number of carbonyl (C=O) groups is 1. The maximum absolute atomic E-state index is 13.8. The molecule has 236 valence electrons. The molecule has 0 aliphatic carbocycles. The van der Waals surface area contributed by atoms with E-state index < -0.39 is 22.6 Å². The molecular formula is C31H39F2N7O3S. The molecule has 2 aromatic carbocycles. The van der Waals surface area contributed by atoms with Crippen LogP contribution in [0.3, 0.4) is 0 Å². The molecule has 0 radical (unpaired) electrons. The number of amides is 1. The minimum absolute atomic E-state index is 0.0490. The van der Waals surface area contributed by atoms with Crippen molar-refractivity contribution < 1.29 is 22.5 Å². The van der Waals surface area contributed by atoms with Gasteiger partial charge in [-0.3, -0.25) is 9.89 Å². The number of piperazine rings is 1. The molecule has 0 saturated carbocycles. The van der Waals surface area contributed by atoms with Gasteiger partial charge in [0.15, 0.2) is 5.82 Å². The first-order chi connectivity index (χ1) is 21.1. The molecule has 0 bridgehead atoms. The van der Waals surface area contributed by atoms with Gasteiger partial charge in [-0.1, -0.05) is 0 Å². The van der Waals surface area contributed by atoms with Crippen molar-refractivity contribution in [3.8, 4) is 0 Å². The minimum Gasteiger partial charge on any atom is -0.381 e. The number of carbonyl (C=O) groups excluding carboxylic acids is 1. The van der Waals surface area contributed by atoms with Crippen molar-refractivity contribution >= 4 is 34.1 Å². The highest BCUT2D eigenvalue weighted by molar-refractivity contribution is 7.82. The maximum atomic E-state index is 13.8. The SMILES string of the molecule is C[C@@H]1CC(Nc2cc(N3CCN(C)CC3)ccc2C(=O)Nc2n[nH]c3c2CN(S(=O)c2cc(F)cc(F)c2)CC3)C[C@H](C)O1. The van der Waals surface area contributed by atoms with Crippen molar-refractivity contribution in [3.05, 3.63) is 64.9 Å². The molecule has 6 rings (SSSR count). The van der Waals surface area contributed by atoms with Gasteiger partial charge in [0.05, 0.1) is 22.7 Å². The summed E-state index contributed by atoms with van der Waals surface area (Å²) in [6.45, 7) is 8.49. The van der Waals surface area contributed by atoms with Crippen LogP contribution in [0.15, 0.2) is 41.3 Å². The number of hydrogen-bond acceptors (Lipinski definition) is 7. The number of hydrogen-bond donors (Lipinski definition) is 3. The zero-order valence-electron chi connectivity index (χ0n) is 25.2. The average Bonchev–Trinajstić information content (AvgIpc) is 3.37. The van der Waals surface area contributed by atoms with Crippen LogP contribution in [0.2, 0.25) is 0 Å². The Hall–Kier alpha value is -3.39. The second-order valence-corrected chi connectivity index (χ2v) is 13.5. The Kier molecular flexibility index (Phi) is 8.99. The summed E-state index contributed by atoms with van der Waals surface area (Å²) in [7, 11) is 0.333. The topological polar surface area (TPSA) is 106 Å². The fourth-order valence-electron chi connectivity index (χ4n) is 6.32. The van der Waals surface area contributed by atoms with E-state index in [4.69, 9.17) is 4.74 Å². The number of ether oxygens (including phenoxy) is 1. The summed E-state index contributed by atoms with van der Waals surface area (Å²) in [5.74, 6) is -1.53. The van der Waals surface area contributed by atoms with Gasteiger partial charge >= 0.3 is 0 Å². The number of aromatic amines is 1. The van der Waals surface area contributed by atoms with Crippen LogP contribution >= 0.6 is 0 Å². The van der Waals surface area contributed by atoms with Crippen LogP contribution in [0.1, 0.15) is 48.3 Å². The van der Waals surface area contributed by atoms with Gasteiger partial charge in [0.1, 0.15) is 22.6 Å². The van der Waals surface area contributed by atoms with Crippen LogP contribution in [-0.2, 0) is 28.7 Å². The molecule has 44 heavy (non-hydrogen) atoms. The van der Waals surface area contributed by atoms with Crippen molar-refractivity contribution in [1.29, 1.82) is 0 Å². The molecule has 1 amide bonds. The quantitative estimate of drug-likeness (QED) is 0.362. The molecule has 4 atom stereocenters. The number of nitrogens with zero attached hydrogens (tertiary/aromatic N) is 4. The third-order valence-corrected chi connectivity index (χ3v) is 10.00. The van der Waals surface area contributed by atoms with E-state index in [0.717, 1.165) is 74.3 Å². The number of aromatic nitrogens is 2. The van der Waals surface area contributed by atoms with Crippen LogP contribution in [0, 0.1) is 11.6 Å². The van der Waals surface area contributed by atoms with E-state index in [0.29, 0.717) is 29.9 Å². The first-order valence-electron chi connectivity index (χ1n) is 15.1. The maximum Gasteiger partial charge on any atom is 0.258 e. The van der Waals surface area contributed by atoms with Crippen molar-refractivity contribution in [2.45, 2.75) is 62.8 Å². The molecule has 2 saturated heterocycles. The van der Waals surface area contributed by atoms with E-state index in [1.54, 1.807) is 4.31 Å². The number of nitrogens with one attached hydrogen (secondary N) is 3. The lowest BCUT2D eigenvalue weighted by Gasteiger charge is -2.35. The normalized spacial score (nSPS) is 23.7. The van der Waals surface area contributed by atoms with E-state index in [1.165, 1.54) is 0 Å². The van der Waals surface area contributed by atoms with Gasteiger partial charge in [0, 0.05) is 80.4 Å². The molecule has 3 N–H and O–H groups in total. The number of rotatable bonds is 7. The first kappa shape index (κ1) is 30.6. The third kappa shape index (κ3) is 6.80. The molecular weight excluding hydrogens is 588 g/mol. The van der Waals surface area contributed by atoms with Gasteiger partial charge in [-0.25, -0.2) is 17.3 Å². The Morgan fingerprint density at radius 1 is 1.02 bits per heavy atom. The van der Waals surface area contributed by atoms with Gasteiger partial charge in [-0.15, -0.1) is 0 Å². The predicted molar refractivity (Wildman–Crippen MR) is 166 cm³/mol. The van der Waals surface area contributed by atoms with Crippen LogP contribution < -0.4 is 15.5 Å². The van der Waals surface area contributed by atoms with Crippen molar-refractivity contribution in [1.82, 2.24) is 19.4 Å². The lowest BCUT2D eigenvalue weighted by atomic mass is 9.98. The molecule has 2 unspecified atom stereocenters. The molecule has 4 heterocycles.